The van der Waals surface area contributed by atoms with Gasteiger partial charge in [0.15, 0.2) is 5.13 Å². The molecule has 152 valence electrons. The smallest absolute Gasteiger partial charge is 0.260 e. The molecule has 11 heteroatoms. The molecule has 1 heterocycles. The van der Waals surface area contributed by atoms with Crippen LogP contribution in [0.3, 0.4) is 0 Å². The number of halogens is 1. The third-order valence-corrected chi connectivity index (χ3v) is 6.23. The first-order chi connectivity index (χ1) is 13.7. The second-order valence-corrected chi connectivity index (χ2v) is 8.78. The van der Waals surface area contributed by atoms with Gasteiger partial charge in [-0.3, -0.25) is 14.9 Å². The molecule has 0 bridgehead atoms. The summed E-state index contributed by atoms with van der Waals surface area (Å²) >= 11 is 1.14. The number of sulfonamides is 1. The van der Waals surface area contributed by atoms with Gasteiger partial charge in [0.05, 0.1) is 20.7 Å². The van der Waals surface area contributed by atoms with Gasteiger partial charge in [-0.2, -0.15) is 0 Å². The largest absolute Gasteiger partial charge is 0.326 e. The number of aromatic nitrogens is 1. The third-order valence-electron chi connectivity index (χ3n) is 3.76. The van der Waals surface area contributed by atoms with Gasteiger partial charge in [-0.05, 0) is 36.4 Å². The number of carbonyl (C=O) groups is 2. The van der Waals surface area contributed by atoms with Crippen LogP contribution in [-0.4, -0.2) is 31.8 Å². The predicted molar refractivity (Wildman–Crippen MR) is 109 cm³/mol. The molecule has 0 aliphatic carbocycles. The van der Waals surface area contributed by atoms with E-state index in [0.29, 0.717) is 15.9 Å². The van der Waals surface area contributed by atoms with E-state index in [2.05, 4.69) is 20.3 Å². The lowest BCUT2D eigenvalue weighted by atomic mass is 10.2. The third kappa shape index (κ3) is 4.75. The number of anilines is 2. The van der Waals surface area contributed by atoms with E-state index in [9.17, 15) is 22.4 Å². The molecule has 0 atom stereocenters. The Morgan fingerprint density at radius 3 is 2.59 bits per heavy atom. The average molecular weight is 436 g/mol. The Morgan fingerprint density at radius 1 is 1.14 bits per heavy atom. The van der Waals surface area contributed by atoms with Crippen molar-refractivity contribution >= 4 is 54.2 Å². The van der Waals surface area contributed by atoms with Gasteiger partial charge in [0.2, 0.25) is 15.9 Å². The Morgan fingerprint density at radius 2 is 1.90 bits per heavy atom. The van der Waals surface area contributed by atoms with Gasteiger partial charge in [-0.15, -0.1) is 0 Å². The van der Waals surface area contributed by atoms with Crippen molar-refractivity contribution < 1.29 is 22.4 Å². The molecular weight excluding hydrogens is 419 g/mol. The van der Waals surface area contributed by atoms with Crippen LogP contribution in [0.2, 0.25) is 0 Å². The van der Waals surface area contributed by atoms with Gasteiger partial charge in [0, 0.05) is 19.2 Å². The second-order valence-electron chi connectivity index (χ2n) is 5.98. The van der Waals surface area contributed by atoms with Crippen LogP contribution < -0.4 is 15.4 Å². The van der Waals surface area contributed by atoms with Crippen molar-refractivity contribution in [3.8, 4) is 0 Å². The number of thiazole rings is 1. The molecule has 0 saturated heterocycles. The maximum Gasteiger partial charge on any atom is 0.260 e. The first-order valence-electron chi connectivity index (χ1n) is 8.48. The van der Waals surface area contributed by atoms with Crippen molar-refractivity contribution in [2.24, 2.45) is 0 Å². The highest BCUT2D eigenvalue weighted by molar-refractivity contribution is 7.89. The average Bonchev–Trinajstić information content (AvgIpc) is 3.02. The maximum absolute atomic E-state index is 14.1. The summed E-state index contributed by atoms with van der Waals surface area (Å²) in [7, 11) is -3.84. The van der Waals surface area contributed by atoms with E-state index >= 15 is 0 Å². The van der Waals surface area contributed by atoms with Gasteiger partial charge >= 0.3 is 0 Å². The molecule has 1 aromatic heterocycles. The van der Waals surface area contributed by atoms with E-state index in [1.54, 1.807) is 25.1 Å². The van der Waals surface area contributed by atoms with Crippen LogP contribution in [0.15, 0.2) is 41.3 Å². The number of carbonyl (C=O) groups excluding carboxylic acids is 2. The molecule has 2 aromatic carbocycles. The van der Waals surface area contributed by atoms with Crippen molar-refractivity contribution in [3.63, 3.8) is 0 Å². The number of benzene rings is 2. The Labute approximate surface area is 170 Å². The van der Waals surface area contributed by atoms with Crippen LogP contribution >= 0.6 is 11.3 Å². The van der Waals surface area contributed by atoms with Gasteiger partial charge in [-0.25, -0.2) is 22.5 Å². The minimum atomic E-state index is -3.84. The van der Waals surface area contributed by atoms with Crippen LogP contribution in [0.4, 0.5) is 15.2 Å². The van der Waals surface area contributed by atoms with Crippen LogP contribution in [0.25, 0.3) is 10.2 Å². The van der Waals surface area contributed by atoms with Gasteiger partial charge in [0.25, 0.3) is 5.91 Å². The lowest BCUT2D eigenvalue weighted by molar-refractivity contribution is -0.114. The molecule has 3 aromatic rings. The Hall–Kier alpha value is -2.89. The highest BCUT2D eigenvalue weighted by Crippen LogP contribution is 2.29. The molecule has 0 fully saturated rings. The predicted octanol–water partition coefficient (Wildman–Crippen LogP) is 2.94. The number of nitrogens with one attached hydrogen (secondary N) is 3. The molecular formula is C18H17FN4O4S2. The van der Waals surface area contributed by atoms with Crippen molar-refractivity contribution in [2.45, 2.75) is 18.7 Å². The van der Waals surface area contributed by atoms with Crippen molar-refractivity contribution in [2.75, 3.05) is 17.2 Å². The monoisotopic (exact) mass is 436 g/mol. The normalized spacial score (nSPS) is 11.4. The van der Waals surface area contributed by atoms with E-state index in [1.807, 2.05) is 0 Å². The summed E-state index contributed by atoms with van der Waals surface area (Å²) in [4.78, 5) is 27.7. The van der Waals surface area contributed by atoms with Crippen LogP contribution in [0.5, 0.6) is 0 Å². The number of nitrogens with zero attached hydrogens (tertiary/aromatic N) is 1. The number of amides is 2. The maximum atomic E-state index is 14.1. The summed E-state index contributed by atoms with van der Waals surface area (Å²) < 4.78 is 41.3. The fraction of sp³-hybridized carbons (Fsp3) is 0.167. The number of rotatable bonds is 6. The topological polar surface area (TPSA) is 117 Å². The van der Waals surface area contributed by atoms with Crippen LogP contribution in [0.1, 0.15) is 24.2 Å². The molecule has 8 nitrogen and oxygen atoms in total. The molecule has 29 heavy (non-hydrogen) atoms. The standard InChI is InChI=1S/C18H17FN4O4S2/c1-3-20-29(26,27)12-5-6-14(19)13(9-12)17(25)23-18-22-15-7-4-11(21-10(2)24)8-16(15)28-18/h4-9,20H,3H2,1-2H3,(H,21,24)(H,22,23,25). The SMILES string of the molecule is CCNS(=O)(=O)c1ccc(F)c(C(=O)Nc2nc3ccc(NC(C)=O)cc3s2)c1. The zero-order valence-corrected chi connectivity index (χ0v) is 17.1. The molecule has 0 spiro atoms. The molecule has 0 saturated carbocycles. The van der Waals surface area contributed by atoms with Gasteiger partial charge in [0.1, 0.15) is 5.82 Å². The van der Waals surface area contributed by atoms with E-state index in [4.69, 9.17) is 0 Å². The minimum absolute atomic E-state index is 0.160. The lowest BCUT2D eigenvalue weighted by Gasteiger charge is -2.08. The molecule has 3 N–H and O–H groups in total. The molecule has 3 rings (SSSR count). The van der Waals surface area contributed by atoms with Crippen molar-refractivity contribution in [1.29, 1.82) is 0 Å². The van der Waals surface area contributed by atoms with Crippen molar-refractivity contribution in [1.82, 2.24) is 9.71 Å². The first kappa shape index (κ1) is 20.8. The summed E-state index contributed by atoms with van der Waals surface area (Å²) in [6, 6.07) is 8.04. The quantitative estimate of drug-likeness (QED) is 0.549. The Balaban J connectivity index is 1.87. The molecule has 0 aliphatic rings. The molecule has 0 radical (unpaired) electrons. The lowest BCUT2D eigenvalue weighted by Crippen LogP contribution is -2.24. The number of fused-ring (bicyclic) bond motifs is 1. The summed E-state index contributed by atoms with van der Waals surface area (Å²) in [6.45, 7) is 3.16. The van der Waals surface area contributed by atoms with Crippen molar-refractivity contribution in [3.05, 3.63) is 47.8 Å². The van der Waals surface area contributed by atoms with Gasteiger partial charge in [-0.1, -0.05) is 18.3 Å². The highest BCUT2D eigenvalue weighted by atomic mass is 32.2. The minimum Gasteiger partial charge on any atom is -0.326 e. The molecule has 0 aliphatic heterocycles. The highest BCUT2D eigenvalue weighted by Gasteiger charge is 2.20. The Bertz CT molecular complexity index is 1210. The van der Waals surface area contributed by atoms with Crippen LogP contribution in [-0.2, 0) is 14.8 Å². The fourth-order valence-corrected chi connectivity index (χ4v) is 4.51. The Kier molecular flexibility index (Phi) is 5.91. The summed E-state index contributed by atoms with van der Waals surface area (Å²) in [5, 5.41) is 5.35. The fourth-order valence-electron chi connectivity index (χ4n) is 2.54. The zero-order valence-electron chi connectivity index (χ0n) is 15.4. The molecule has 0 unspecified atom stereocenters. The number of hydrogen-bond acceptors (Lipinski definition) is 6. The molecule has 2 amide bonds. The zero-order chi connectivity index (χ0) is 21.2. The van der Waals surface area contributed by atoms with E-state index < -0.39 is 27.3 Å². The van der Waals surface area contributed by atoms with E-state index in [1.165, 1.54) is 6.92 Å². The second kappa shape index (κ2) is 8.23. The van der Waals surface area contributed by atoms with Gasteiger partial charge < -0.3 is 5.32 Å². The first-order valence-corrected chi connectivity index (χ1v) is 10.8. The summed E-state index contributed by atoms with van der Waals surface area (Å²) in [6.07, 6.45) is 0. The number of hydrogen-bond donors (Lipinski definition) is 3. The van der Waals surface area contributed by atoms with Crippen LogP contribution in [0, 0.1) is 5.82 Å². The summed E-state index contributed by atoms with van der Waals surface area (Å²) in [5.41, 5.74) is 0.754. The van der Waals surface area contributed by atoms with E-state index in [-0.39, 0.29) is 22.5 Å². The summed E-state index contributed by atoms with van der Waals surface area (Å²) in [5.74, 6) is -1.89. The van der Waals surface area contributed by atoms with E-state index in [0.717, 1.165) is 29.5 Å².